The average molecular weight is 297 g/mol. The van der Waals surface area contributed by atoms with Crippen LogP contribution in [0.1, 0.15) is 36.0 Å². The summed E-state index contributed by atoms with van der Waals surface area (Å²) in [5, 5.41) is 9.31. The molecule has 1 aromatic carbocycles. The Morgan fingerprint density at radius 2 is 1.80 bits per heavy atom. The monoisotopic (exact) mass is 297 g/mol. The summed E-state index contributed by atoms with van der Waals surface area (Å²) in [7, 11) is -3.53. The lowest BCUT2D eigenvalue weighted by molar-refractivity contribution is 0.213. The molecule has 1 aliphatic rings. The van der Waals surface area contributed by atoms with Crippen molar-refractivity contribution >= 4 is 10.0 Å². The highest BCUT2D eigenvalue weighted by molar-refractivity contribution is 7.89. The Hall–Kier alpha value is -0.910. The number of sulfonamides is 1. The lowest BCUT2D eigenvalue weighted by Gasteiger charge is -2.21. The van der Waals surface area contributed by atoms with Crippen LogP contribution in [-0.2, 0) is 10.0 Å². The standard InChI is InChI=1S/C15H23NO3S/c1-10-7-11(2)15(12(3)8-10)20(18,19)16-14-6-4-5-13(14)9-17/h7-8,13-14,16-17H,4-6,9H2,1-3H3. The Balaban J connectivity index is 2.32. The van der Waals surface area contributed by atoms with Gasteiger partial charge in [0.15, 0.2) is 0 Å². The maximum Gasteiger partial charge on any atom is 0.241 e. The second kappa shape index (κ2) is 5.84. The fraction of sp³-hybridized carbons (Fsp3) is 0.600. The van der Waals surface area contributed by atoms with Gasteiger partial charge in [0.05, 0.1) is 4.90 Å². The van der Waals surface area contributed by atoms with E-state index in [1.54, 1.807) is 0 Å². The van der Waals surface area contributed by atoms with Gasteiger partial charge in [0.25, 0.3) is 0 Å². The largest absolute Gasteiger partial charge is 0.396 e. The fourth-order valence-electron chi connectivity index (χ4n) is 3.26. The lowest BCUT2D eigenvalue weighted by Crippen LogP contribution is -2.39. The van der Waals surface area contributed by atoms with Crippen molar-refractivity contribution in [1.29, 1.82) is 0 Å². The van der Waals surface area contributed by atoms with Crippen LogP contribution in [0.25, 0.3) is 0 Å². The normalized spacial score (nSPS) is 23.2. The number of rotatable bonds is 4. The zero-order valence-electron chi connectivity index (χ0n) is 12.3. The van der Waals surface area contributed by atoms with E-state index in [9.17, 15) is 13.5 Å². The minimum Gasteiger partial charge on any atom is -0.396 e. The third-order valence-corrected chi connectivity index (χ3v) is 5.87. The predicted octanol–water partition coefficient (Wildman–Crippen LogP) is 2.05. The SMILES string of the molecule is Cc1cc(C)c(S(=O)(=O)NC2CCCC2CO)c(C)c1. The van der Waals surface area contributed by atoms with Crippen LogP contribution in [0.4, 0.5) is 0 Å². The Morgan fingerprint density at radius 1 is 1.20 bits per heavy atom. The molecule has 20 heavy (non-hydrogen) atoms. The quantitative estimate of drug-likeness (QED) is 0.894. The van der Waals surface area contributed by atoms with Crippen molar-refractivity contribution in [1.82, 2.24) is 4.72 Å². The summed E-state index contributed by atoms with van der Waals surface area (Å²) >= 11 is 0. The van der Waals surface area contributed by atoms with Gasteiger partial charge in [-0.2, -0.15) is 0 Å². The molecule has 2 atom stereocenters. The van der Waals surface area contributed by atoms with Crippen LogP contribution in [0, 0.1) is 26.7 Å². The van der Waals surface area contributed by atoms with Crippen molar-refractivity contribution in [2.75, 3.05) is 6.61 Å². The number of hydrogen-bond donors (Lipinski definition) is 2. The maximum atomic E-state index is 12.6. The molecule has 0 radical (unpaired) electrons. The van der Waals surface area contributed by atoms with Crippen LogP contribution in [0.3, 0.4) is 0 Å². The summed E-state index contributed by atoms with van der Waals surface area (Å²) in [6, 6.07) is 3.63. The van der Waals surface area contributed by atoms with E-state index >= 15 is 0 Å². The van der Waals surface area contributed by atoms with Gasteiger partial charge in [0.2, 0.25) is 10.0 Å². The number of aliphatic hydroxyl groups excluding tert-OH is 1. The molecule has 0 saturated heterocycles. The molecule has 0 heterocycles. The summed E-state index contributed by atoms with van der Waals surface area (Å²) in [5.41, 5.74) is 2.61. The summed E-state index contributed by atoms with van der Waals surface area (Å²) in [6.45, 7) is 5.65. The number of aryl methyl sites for hydroxylation is 3. The molecule has 112 valence electrons. The second-order valence-electron chi connectivity index (χ2n) is 5.83. The smallest absolute Gasteiger partial charge is 0.241 e. The van der Waals surface area contributed by atoms with E-state index in [0.717, 1.165) is 36.0 Å². The van der Waals surface area contributed by atoms with Crippen LogP contribution >= 0.6 is 0 Å². The van der Waals surface area contributed by atoms with Crippen LogP contribution in [0.2, 0.25) is 0 Å². The first-order valence-electron chi connectivity index (χ1n) is 7.06. The molecule has 1 aromatic rings. The van der Waals surface area contributed by atoms with E-state index in [1.165, 1.54) is 0 Å². The lowest BCUT2D eigenvalue weighted by atomic mass is 10.1. The maximum absolute atomic E-state index is 12.6. The first-order chi connectivity index (χ1) is 9.35. The third kappa shape index (κ3) is 3.05. The van der Waals surface area contributed by atoms with Gasteiger partial charge in [-0.25, -0.2) is 13.1 Å². The molecule has 1 saturated carbocycles. The van der Waals surface area contributed by atoms with Gasteiger partial charge in [-0.3, -0.25) is 0 Å². The molecule has 2 N–H and O–H groups in total. The summed E-state index contributed by atoms with van der Waals surface area (Å²) in [4.78, 5) is 0.381. The van der Waals surface area contributed by atoms with Gasteiger partial charge >= 0.3 is 0 Å². The van der Waals surface area contributed by atoms with Crippen LogP contribution < -0.4 is 4.72 Å². The zero-order valence-corrected chi connectivity index (χ0v) is 13.1. The number of benzene rings is 1. The van der Waals surface area contributed by atoms with Crippen molar-refractivity contribution in [3.05, 3.63) is 28.8 Å². The van der Waals surface area contributed by atoms with Gasteiger partial charge in [-0.1, -0.05) is 24.1 Å². The van der Waals surface area contributed by atoms with Crippen LogP contribution in [0.5, 0.6) is 0 Å². The highest BCUT2D eigenvalue weighted by atomic mass is 32.2. The van der Waals surface area contributed by atoms with Gasteiger partial charge in [0.1, 0.15) is 0 Å². The third-order valence-electron chi connectivity index (χ3n) is 4.07. The molecule has 1 aliphatic carbocycles. The molecule has 5 heteroatoms. The minimum absolute atomic E-state index is 0.0378. The molecule has 4 nitrogen and oxygen atoms in total. The van der Waals surface area contributed by atoms with E-state index < -0.39 is 10.0 Å². The minimum atomic E-state index is -3.53. The van der Waals surface area contributed by atoms with Gasteiger partial charge in [-0.15, -0.1) is 0 Å². The van der Waals surface area contributed by atoms with E-state index in [2.05, 4.69) is 4.72 Å². The van der Waals surface area contributed by atoms with E-state index in [4.69, 9.17) is 0 Å². The highest BCUT2D eigenvalue weighted by Crippen LogP contribution is 2.28. The van der Waals surface area contributed by atoms with Crippen molar-refractivity contribution < 1.29 is 13.5 Å². The molecule has 0 aliphatic heterocycles. The van der Waals surface area contributed by atoms with E-state index in [-0.39, 0.29) is 18.6 Å². The van der Waals surface area contributed by atoms with Gasteiger partial charge in [-0.05, 0) is 50.7 Å². The molecule has 1 fully saturated rings. The van der Waals surface area contributed by atoms with Crippen LogP contribution in [0.15, 0.2) is 17.0 Å². The van der Waals surface area contributed by atoms with Crippen molar-refractivity contribution in [3.8, 4) is 0 Å². The number of hydrogen-bond acceptors (Lipinski definition) is 3. The first kappa shape index (κ1) is 15.5. The molecule has 0 bridgehead atoms. The highest BCUT2D eigenvalue weighted by Gasteiger charge is 2.31. The molecule has 2 unspecified atom stereocenters. The van der Waals surface area contributed by atoms with Gasteiger partial charge in [0, 0.05) is 12.6 Å². The fourth-order valence-corrected chi connectivity index (χ4v) is 5.05. The average Bonchev–Trinajstić information content (AvgIpc) is 2.73. The van der Waals surface area contributed by atoms with Crippen molar-refractivity contribution in [2.45, 2.75) is 51.0 Å². The summed E-state index contributed by atoms with van der Waals surface area (Å²) < 4.78 is 28.0. The molecular weight excluding hydrogens is 274 g/mol. The number of nitrogens with one attached hydrogen (secondary N) is 1. The van der Waals surface area contributed by atoms with E-state index in [1.807, 2.05) is 32.9 Å². The number of aliphatic hydroxyl groups is 1. The zero-order chi connectivity index (χ0) is 14.9. The first-order valence-corrected chi connectivity index (χ1v) is 8.54. The van der Waals surface area contributed by atoms with E-state index in [0.29, 0.717) is 4.90 Å². The Labute approximate surface area is 121 Å². The molecule has 0 spiro atoms. The van der Waals surface area contributed by atoms with Crippen molar-refractivity contribution in [2.24, 2.45) is 5.92 Å². The Bertz CT molecular complexity index is 572. The van der Waals surface area contributed by atoms with Crippen LogP contribution in [-0.4, -0.2) is 26.2 Å². The Kier molecular flexibility index (Phi) is 4.52. The molecule has 0 amide bonds. The van der Waals surface area contributed by atoms with Gasteiger partial charge < -0.3 is 5.11 Å². The van der Waals surface area contributed by atoms with Crippen molar-refractivity contribution in [3.63, 3.8) is 0 Å². The molecule has 2 rings (SSSR count). The predicted molar refractivity (Wildman–Crippen MR) is 79.2 cm³/mol. The molecular formula is C15H23NO3S. The summed E-state index contributed by atoms with van der Waals surface area (Å²) in [5.74, 6) is 0.0378. The molecule has 0 aromatic heterocycles. The topological polar surface area (TPSA) is 66.4 Å². The summed E-state index contributed by atoms with van der Waals surface area (Å²) in [6.07, 6.45) is 2.65. The Morgan fingerprint density at radius 3 is 2.35 bits per heavy atom. The second-order valence-corrected chi connectivity index (χ2v) is 7.48.